The predicted octanol–water partition coefficient (Wildman–Crippen LogP) is 4.76. The SMILES string of the molecule is O=C(c1ccccc1[N+](=O)[O-])N(Cc1ccc(Cl)cc1Cl)N1C(=O)c2ccccc2C1=O. The molecule has 160 valence electrons. The van der Waals surface area contributed by atoms with Crippen molar-refractivity contribution in [2.45, 2.75) is 6.54 Å². The monoisotopic (exact) mass is 469 g/mol. The normalized spacial score (nSPS) is 12.6. The highest BCUT2D eigenvalue weighted by Gasteiger charge is 2.42. The Balaban J connectivity index is 1.83. The van der Waals surface area contributed by atoms with Crippen molar-refractivity contribution < 1.29 is 19.3 Å². The van der Waals surface area contributed by atoms with Crippen LogP contribution < -0.4 is 0 Å². The fourth-order valence-corrected chi connectivity index (χ4v) is 3.86. The maximum absolute atomic E-state index is 13.5. The van der Waals surface area contributed by atoms with Crippen LogP contribution in [0.2, 0.25) is 10.0 Å². The summed E-state index contributed by atoms with van der Waals surface area (Å²) >= 11 is 12.2. The van der Waals surface area contributed by atoms with Gasteiger partial charge in [0.25, 0.3) is 23.4 Å². The van der Waals surface area contributed by atoms with Crippen LogP contribution in [0, 0.1) is 10.1 Å². The Labute approximate surface area is 191 Å². The standard InChI is InChI=1S/C22H13Cl2N3O5/c23-14-10-9-13(18(24)11-14)12-25(20(28)17-7-3-4-8-19(17)27(31)32)26-21(29)15-5-1-2-6-16(15)22(26)30/h1-11H,12H2. The molecule has 0 unspecified atom stereocenters. The van der Waals surface area contributed by atoms with E-state index < -0.39 is 28.3 Å². The zero-order valence-corrected chi connectivity index (χ0v) is 17.7. The van der Waals surface area contributed by atoms with E-state index in [4.69, 9.17) is 23.2 Å². The average Bonchev–Trinajstić information content (AvgIpc) is 3.03. The van der Waals surface area contributed by atoms with Crippen LogP contribution in [0.5, 0.6) is 0 Å². The third-order valence-electron chi connectivity index (χ3n) is 4.91. The molecule has 0 spiro atoms. The Morgan fingerprint density at radius 2 is 1.53 bits per heavy atom. The second kappa shape index (κ2) is 8.41. The summed E-state index contributed by atoms with van der Waals surface area (Å²) in [6, 6.07) is 16.0. The molecule has 0 saturated heterocycles. The zero-order chi connectivity index (χ0) is 23.0. The summed E-state index contributed by atoms with van der Waals surface area (Å²) in [5, 5.41) is 13.6. The van der Waals surface area contributed by atoms with E-state index in [0.717, 1.165) is 5.01 Å². The highest BCUT2D eigenvalue weighted by atomic mass is 35.5. The Morgan fingerprint density at radius 1 is 0.938 bits per heavy atom. The molecular formula is C22H13Cl2N3O5. The maximum atomic E-state index is 13.5. The van der Waals surface area contributed by atoms with E-state index in [1.807, 2.05) is 0 Å². The molecule has 8 nitrogen and oxygen atoms in total. The molecule has 0 bridgehead atoms. The first-order valence-electron chi connectivity index (χ1n) is 9.26. The minimum absolute atomic E-state index is 0.125. The number of nitro groups is 1. The largest absolute Gasteiger partial charge is 0.282 e. The van der Waals surface area contributed by atoms with E-state index in [1.54, 1.807) is 24.3 Å². The van der Waals surface area contributed by atoms with E-state index in [0.29, 0.717) is 15.6 Å². The van der Waals surface area contributed by atoms with E-state index >= 15 is 0 Å². The van der Waals surface area contributed by atoms with E-state index in [1.165, 1.54) is 42.5 Å². The molecule has 0 fully saturated rings. The smallest absolute Gasteiger partial charge is 0.267 e. The number of imide groups is 1. The molecule has 1 aliphatic rings. The van der Waals surface area contributed by atoms with Crippen LogP contribution >= 0.6 is 23.2 Å². The number of nitro benzene ring substituents is 1. The third kappa shape index (κ3) is 3.70. The van der Waals surface area contributed by atoms with Gasteiger partial charge in [-0.2, -0.15) is 5.01 Å². The summed E-state index contributed by atoms with van der Waals surface area (Å²) in [5.41, 5.74) is -0.0971. The molecule has 0 saturated carbocycles. The fourth-order valence-electron chi connectivity index (χ4n) is 3.39. The molecule has 0 radical (unpaired) electrons. The van der Waals surface area contributed by atoms with Crippen LogP contribution in [0.1, 0.15) is 36.6 Å². The lowest BCUT2D eigenvalue weighted by molar-refractivity contribution is -0.385. The lowest BCUT2D eigenvalue weighted by atomic mass is 10.1. The summed E-state index contributed by atoms with van der Waals surface area (Å²) in [6.07, 6.45) is 0. The number of nitrogens with zero attached hydrogens (tertiary/aromatic N) is 3. The Bertz CT molecular complexity index is 1260. The summed E-state index contributed by atoms with van der Waals surface area (Å²) in [4.78, 5) is 50.4. The van der Waals surface area contributed by atoms with Gasteiger partial charge in [0.1, 0.15) is 5.56 Å². The minimum atomic E-state index is -0.905. The first kappa shape index (κ1) is 21.5. The van der Waals surface area contributed by atoms with E-state index in [-0.39, 0.29) is 28.3 Å². The number of amides is 3. The van der Waals surface area contributed by atoms with E-state index in [9.17, 15) is 24.5 Å². The molecule has 10 heteroatoms. The molecule has 0 aromatic heterocycles. The van der Waals surface area contributed by atoms with Crippen LogP contribution in [0.15, 0.2) is 66.7 Å². The molecular weight excluding hydrogens is 457 g/mol. The number of hydrogen-bond acceptors (Lipinski definition) is 5. The number of fused-ring (bicyclic) bond motifs is 1. The van der Waals surface area contributed by atoms with Gasteiger partial charge in [-0.1, -0.05) is 53.5 Å². The lowest BCUT2D eigenvalue weighted by Gasteiger charge is -2.30. The van der Waals surface area contributed by atoms with Crippen molar-refractivity contribution in [2.75, 3.05) is 0 Å². The van der Waals surface area contributed by atoms with Crippen LogP contribution in [0.4, 0.5) is 5.69 Å². The minimum Gasteiger partial charge on any atom is -0.267 e. The zero-order valence-electron chi connectivity index (χ0n) is 16.2. The van der Waals surface area contributed by atoms with Crippen molar-refractivity contribution in [1.82, 2.24) is 10.0 Å². The van der Waals surface area contributed by atoms with Crippen LogP contribution in [0.3, 0.4) is 0 Å². The van der Waals surface area contributed by atoms with Gasteiger partial charge in [0, 0.05) is 16.1 Å². The van der Waals surface area contributed by atoms with Gasteiger partial charge in [-0.05, 0) is 35.9 Å². The van der Waals surface area contributed by atoms with Gasteiger partial charge < -0.3 is 0 Å². The van der Waals surface area contributed by atoms with Crippen molar-refractivity contribution in [3.8, 4) is 0 Å². The molecule has 0 N–H and O–H groups in total. The molecule has 3 aromatic carbocycles. The molecule has 3 amide bonds. The van der Waals surface area contributed by atoms with Gasteiger partial charge in [-0.25, -0.2) is 5.01 Å². The van der Waals surface area contributed by atoms with Crippen molar-refractivity contribution in [3.05, 3.63) is 109 Å². The number of halogens is 2. The summed E-state index contributed by atoms with van der Waals surface area (Å²) in [5.74, 6) is -2.34. The highest BCUT2D eigenvalue weighted by molar-refractivity contribution is 6.35. The molecule has 4 rings (SSSR count). The molecule has 32 heavy (non-hydrogen) atoms. The second-order valence-corrected chi connectivity index (χ2v) is 7.68. The first-order valence-corrected chi connectivity index (χ1v) is 10.0. The average molecular weight is 470 g/mol. The van der Waals surface area contributed by atoms with Gasteiger partial charge in [0.15, 0.2) is 0 Å². The van der Waals surface area contributed by atoms with E-state index in [2.05, 4.69) is 0 Å². The van der Waals surface area contributed by atoms with Gasteiger partial charge in [0.2, 0.25) is 0 Å². The molecule has 1 aliphatic heterocycles. The van der Waals surface area contributed by atoms with Crippen LogP contribution in [-0.2, 0) is 6.54 Å². The van der Waals surface area contributed by atoms with Crippen molar-refractivity contribution in [2.24, 2.45) is 0 Å². The fraction of sp³-hybridized carbons (Fsp3) is 0.0455. The number of hydrogen-bond donors (Lipinski definition) is 0. The maximum Gasteiger partial charge on any atom is 0.282 e. The van der Waals surface area contributed by atoms with Gasteiger partial charge in [-0.15, -0.1) is 0 Å². The Kier molecular flexibility index (Phi) is 5.65. The second-order valence-electron chi connectivity index (χ2n) is 6.84. The van der Waals surface area contributed by atoms with Gasteiger partial charge in [-0.3, -0.25) is 24.5 Å². The predicted molar refractivity (Wildman–Crippen MR) is 116 cm³/mol. The number of para-hydroxylation sites is 1. The number of rotatable bonds is 5. The molecule has 0 aliphatic carbocycles. The summed E-state index contributed by atoms with van der Waals surface area (Å²) in [7, 11) is 0. The molecule has 0 atom stereocenters. The molecule has 3 aromatic rings. The summed E-state index contributed by atoms with van der Waals surface area (Å²) < 4.78 is 0. The number of carbonyl (C=O) groups excluding carboxylic acids is 3. The van der Waals surface area contributed by atoms with Gasteiger partial charge in [0.05, 0.1) is 22.6 Å². The van der Waals surface area contributed by atoms with Crippen molar-refractivity contribution >= 4 is 46.6 Å². The molecule has 1 heterocycles. The van der Waals surface area contributed by atoms with Crippen molar-refractivity contribution in [1.29, 1.82) is 0 Å². The van der Waals surface area contributed by atoms with Gasteiger partial charge >= 0.3 is 0 Å². The van der Waals surface area contributed by atoms with Crippen molar-refractivity contribution in [3.63, 3.8) is 0 Å². The number of carbonyl (C=O) groups is 3. The Hall–Kier alpha value is -3.75. The highest BCUT2D eigenvalue weighted by Crippen LogP contribution is 2.30. The number of hydrazine groups is 1. The lowest BCUT2D eigenvalue weighted by Crippen LogP contribution is -2.49. The quantitative estimate of drug-likeness (QED) is 0.304. The third-order valence-corrected chi connectivity index (χ3v) is 5.50. The summed E-state index contributed by atoms with van der Waals surface area (Å²) in [6.45, 7) is -0.299. The topological polar surface area (TPSA) is 101 Å². The first-order chi connectivity index (χ1) is 15.3. The van der Waals surface area contributed by atoms with Crippen LogP contribution in [0.25, 0.3) is 0 Å². The Morgan fingerprint density at radius 3 is 2.12 bits per heavy atom. The number of benzene rings is 3. The van der Waals surface area contributed by atoms with Crippen LogP contribution in [-0.4, -0.2) is 32.7 Å².